The Bertz CT molecular complexity index is 624. The molecule has 1 aliphatic rings. The maximum absolute atomic E-state index is 9.41. The molecule has 1 saturated carbocycles. The number of rotatable bonds is 6. The molecule has 1 aromatic heterocycles. The number of pyridine rings is 1. The first-order valence-corrected chi connectivity index (χ1v) is 7.65. The van der Waals surface area contributed by atoms with Crippen molar-refractivity contribution in [3.8, 4) is 0 Å². The van der Waals surface area contributed by atoms with E-state index in [9.17, 15) is 5.11 Å². The standard InChI is InChI=1S/C17H23N3O/c1-12(11-21)20(2)17-14(10-18-15-7-8-15)9-13-5-3-4-6-16(13)19-17/h3-6,9,12,15,18,21H,7-8,10-11H2,1-2H3. The lowest BCUT2D eigenvalue weighted by Gasteiger charge is -2.27. The van der Waals surface area contributed by atoms with Gasteiger partial charge in [-0.1, -0.05) is 18.2 Å². The zero-order valence-corrected chi connectivity index (χ0v) is 12.7. The summed E-state index contributed by atoms with van der Waals surface area (Å²) >= 11 is 0. The molecule has 1 aliphatic carbocycles. The van der Waals surface area contributed by atoms with Gasteiger partial charge in [-0.05, 0) is 31.9 Å². The average Bonchev–Trinajstić information content (AvgIpc) is 3.34. The number of anilines is 1. The van der Waals surface area contributed by atoms with Crippen molar-refractivity contribution in [2.75, 3.05) is 18.6 Å². The number of para-hydroxylation sites is 1. The predicted molar refractivity (Wildman–Crippen MR) is 86.6 cm³/mol. The molecule has 1 heterocycles. The van der Waals surface area contributed by atoms with E-state index in [4.69, 9.17) is 4.98 Å². The first-order chi connectivity index (χ1) is 10.2. The van der Waals surface area contributed by atoms with Gasteiger partial charge in [0.2, 0.25) is 0 Å². The smallest absolute Gasteiger partial charge is 0.133 e. The summed E-state index contributed by atoms with van der Waals surface area (Å²) < 4.78 is 0. The normalized spacial score (nSPS) is 16.1. The fraction of sp³-hybridized carbons (Fsp3) is 0.471. The van der Waals surface area contributed by atoms with Gasteiger partial charge < -0.3 is 15.3 Å². The fourth-order valence-electron chi connectivity index (χ4n) is 2.46. The molecule has 112 valence electrons. The van der Waals surface area contributed by atoms with E-state index in [1.165, 1.54) is 23.8 Å². The van der Waals surface area contributed by atoms with E-state index in [0.29, 0.717) is 6.04 Å². The van der Waals surface area contributed by atoms with Gasteiger partial charge in [0.1, 0.15) is 5.82 Å². The summed E-state index contributed by atoms with van der Waals surface area (Å²) in [6.45, 7) is 2.97. The van der Waals surface area contributed by atoms with E-state index in [2.05, 4.69) is 22.3 Å². The van der Waals surface area contributed by atoms with Crippen LogP contribution < -0.4 is 10.2 Å². The zero-order valence-electron chi connectivity index (χ0n) is 12.7. The van der Waals surface area contributed by atoms with Crippen LogP contribution in [0.15, 0.2) is 30.3 Å². The van der Waals surface area contributed by atoms with Crippen molar-refractivity contribution < 1.29 is 5.11 Å². The van der Waals surface area contributed by atoms with Crippen LogP contribution in [0.5, 0.6) is 0 Å². The number of aromatic nitrogens is 1. The topological polar surface area (TPSA) is 48.4 Å². The molecule has 4 nitrogen and oxygen atoms in total. The molecule has 0 spiro atoms. The molecule has 0 amide bonds. The second kappa shape index (κ2) is 6.00. The summed E-state index contributed by atoms with van der Waals surface area (Å²) in [5, 5.41) is 14.1. The maximum Gasteiger partial charge on any atom is 0.133 e. The molecule has 21 heavy (non-hydrogen) atoms. The number of nitrogens with one attached hydrogen (secondary N) is 1. The minimum absolute atomic E-state index is 0.0540. The Morgan fingerprint density at radius 3 is 2.86 bits per heavy atom. The van der Waals surface area contributed by atoms with Gasteiger partial charge in [0, 0.05) is 30.6 Å². The number of likely N-dealkylation sites (N-methyl/N-ethyl adjacent to an activating group) is 1. The van der Waals surface area contributed by atoms with Crippen molar-refractivity contribution in [1.29, 1.82) is 0 Å². The molecule has 1 aromatic carbocycles. The highest BCUT2D eigenvalue weighted by Crippen LogP contribution is 2.26. The van der Waals surface area contributed by atoms with Crippen LogP contribution >= 0.6 is 0 Å². The van der Waals surface area contributed by atoms with Gasteiger partial charge in [0.05, 0.1) is 18.2 Å². The molecule has 2 N–H and O–H groups in total. The first kappa shape index (κ1) is 14.3. The van der Waals surface area contributed by atoms with E-state index in [1.54, 1.807) is 0 Å². The predicted octanol–water partition coefficient (Wildman–Crippen LogP) is 2.30. The van der Waals surface area contributed by atoms with Crippen LogP contribution in [0.3, 0.4) is 0 Å². The second-order valence-electron chi connectivity index (χ2n) is 5.96. The SMILES string of the molecule is CC(CO)N(C)c1nc2ccccc2cc1CNC1CC1. The van der Waals surface area contributed by atoms with Crippen molar-refractivity contribution >= 4 is 16.7 Å². The van der Waals surface area contributed by atoms with E-state index >= 15 is 0 Å². The Morgan fingerprint density at radius 1 is 1.38 bits per heavy atom. The summed E-state index contributed by atoms with van der Waals surface area (Å²) in [6, 6.07) is 11.1. The lowest BCUT2D eigenvalue weighted by atomic mass is 10.1. The van der Waals surface area contributed by atoms with Crippen molar-refractivity contribution in [2.24, 2.45) is 0 Å². The number of nitrogens with zero attached hydrogens (tertiary/aromatic N) is 2. The summed E-state index contributed by atoms with van der Waals surface area (Å²) in [4.78, 5) is 6.88. The second-order valence-corrected chi connectivity index (χ2v) is 5.96. The summed E-state index contributed by atoms with van der Waals surface area (Å²) in [7, 11) is 2.00. The van der Waals surface area contributed by atoms with Crippen LogP contribution in [0.25, 0.3) is 10.9 Å². The van der Waals surface area contributed by atoms with E-state index in [1.807, 2.05) is 32.2 Å². The highest BCUT2D eigenvalue weighted by atomic mass is 16.3. The number of aliphatic hydroxyl groups excluding tert-OH is 1. The molecule has 2 aromatic rings. The van der Waals surface area contributed by atoms with Crippen LogP contribution in [0, 0.1) is 0 Å². The monoisotopic (exact) mass is 285 g/mol. The number of hydrogen-bond donors (Lipinski definition) is 2. The van der Waals surface area contributed by atoms with Crippen molar-refractivity contribution in [3.63, 3.8) is 0 Å². The molecular weight excluding hydrogens is 262 g/mol. The van der Waals surface area contributed by atoms with Crippen LogP contribution in [0.4, 0.5) is 5.82 Å². The zero-order chi connectivity index (χ0) is 14.8. The van der Waals surface area contributed by atoms with E-state index in [-0.39, 0.29) is 12.6 Å². The third kappa shape index (κ3) is 3.17. The molecule has 0 saturated heterocycles. The molecule has 0 radical (unpaired) electrons. The van der Waals surface area contributed by atoms with Gasteiger partial charge in [0.15, 0.2) is 0 Å². The quantitative estimate of drug-likeness (QED) is 0.855. The Morgan fingerprint density at radius 2 is 2.14 bits per heavy atom. The summed E-state index contributed by atoms with van der Waals surface area (Å²) in [6.07, 6.45) is 2.55. The average molecular weight is 285 g/mol. The molecule has 1 unspecified atom stereocenters. The maximum atomic E-state index is 9.41. The Labute approximate surface area is 125 Å². The fourth-order valence-corrected chi connectivity index (χ4v) is 2.46. The number of benzene rings is 1. The van der Waals surface area contributed by atoms with Crippen LogP contribution in [-0.2, 0) is 6.54 Å². The van der Waals surface area contributed by atoms with Crippen molar-refractivity contribution in [3.05, 3.63) is 35.9 Å². The van der Waals surface area contributed by atoms with Crippen molar-refractivity contribution in [2.45, 2.75) is 38.4 Å². The summed E-state index contributed by atoms with van der Waals surface area (Å²) in [5.74, 6) is 0.961. The Balaban J connectivity index is 1.97. The molecule has 1 atom stereocenters. The van der Waals surface area contributed by atoms with Gasteiger partial charge in [0.25, 0.3) is 0 Å². The van der Waals surface area contributed by atoms with Gasteiger partial charge >= 0.3 is 0 Å². The summed E-state index contributed by atoms with van der Waals surface area (Å²) in [5.41, 5.74) is 2.20. The minimum atomic E-state index is 0.0540. The highest BCUT2D eigenvalue weighted by Gasteiger charge is 2.22. The number of fused-ring (bicyclic) bond motifs is 1. The van der Waals surface area contributed by atoms with E-state index in [0.717, 1.165) is 17.9 Å². The molecule has 3 rings (SSSR count). The largest absolute Gasteiger partial charge is 0.394 e. The third-order valence-corrected chi connectivity index (χ3v) is 4.20. The van der Waals surface area contributed by atoms with Crippen molar-refractivity contribution in [1.82, 2.24) is 10.3 Å². The van der Waals surface area contributed by atoms with Gasteiger partial charge in [-0.3, -0.25) is 0 Å². The van der Waals surface area contributed by atoms with Crippen LogP contribution in [0.2, 0.25) is 0 Å². The van der Waals surface area contributed by atoms with Crippen LogP contribution in [0.1, 0.15) is 25.3 Å². The molecule has 0 aliphatic heterocycles. The number of hydrogen-bond acceptors (Lipinski definition) is 4. The third-order valence-electron chi connectivity index (χ3n) is 4.20. The Hall–Kier alpha value is -1.65. The van der Waals surface area contributed by atoms with E-state index < -0.39 is 0 Å². The molecule has 1 fully saturated rings. The van der Waals surface area contributed by atoms with Gasteiger partial charge in [-0.2, -0.15) is 0 Å². The lowest BCUT2D eigenvalue weighted by Crippen LogP contribution is -2.34. The Kier molecular flexibility index (Phi) is 4.08. The molecular formula is C17H23N3O. The lowest BCUT2D eigenvalue weighted by molar-refractivity contribution is 0.269. The first-order valence-electron chi connectivity index (χ1n) is 7.65. The van der Waals surface area contributed by atoms with Gasteiger partial charge in [-0.25, -0.2) is 4.98 Å². The minimum Gasteiger partial charge on any atom is -0.394 e. The van der Waals surface area contributed by atoms with Crippen LogP contribution in [-0.4, -0.2) is 35.8 Å². The molecule has 0 bridgehead atoms. The number of aliphatic hydroxyl groups is 1. The van der Waals surface area contributed by atoms with Gasteiger partial charge in [-0.15, -0.1) is 0 Å². The highest BCUT2D eigenvalue weighted by molar-refractivity contribution is 5.81. The molecule has 4 heteroatoms.